The molecule has 2 aromatic rings. The topological polar surface area (TPSA) is 36.4 Å². The maximum atomic E-state index is 4.75. The van der Waals surface area contributed by atoms with E-state index in [0.717, 1.165) is 10.9 Å². The number of hydrazine groups is 1. The van der Waals surface area contributed by atoms with E-state index in [0.29, 0.717) is 0 Å². The number of thioether (sulfide) groups is 1. The van der Waals surface area contributed by atoms with E-state index in [1.165, 1.54) is 38.9 Å². The number of aliphatic imine (C=N–C) groups is 1. The van der Waals surface area contributed by atoms with Crippen molar-refractivity contribution in [3.63, 3.8) is 0 Å². The first-order valence-electron chi connectivity index (χ1n) is 8.32. The van der Waals surface area contributed by atoms with Gasteiger partial charge in [-0.1, -0.05) is 42.1 Å². The van der Waals surface area contributed by atoms with Gasteiger partial charge in [0, 0.05) is 5.75 Å². The Kier molecular flexibility index (Phi) is 4.97. The summed E-state index contributed by atoms with van der Waals surface area (Å²) in [7, 11) is 0. The molecule has 4 heteroatoms. The Hall–Kier alpha value is -1.78. The van der Waals surface area contributed by atoms with Crippen molar-refractivity contribution in [1.29, 1.82) is 0 Å². The maximum absolute atomic E-state index is 4.75. The molecule has 1 aliphatic heterocycles. The summed E-state index contributed by atoms with van der Waals surface area (Å²) in [6.45, 7) is 11.1. The van der Waals surface area contributed by atoms with Crippen molar-refractivity contribution < 1.29 is 0 Å². The molecular formula is C20H25N3S. The highest BCUT2D eigenvalue weighted by molar-refractivity contribution is 8.13. The SMILES string of the molecule is Cc1c(C)c(C)c(CSC2=NC(c3ccccc3)NN2)c(C)c1C. The summed E-state index contributed by atoms with van der Waals surface area (Å²) in [5.41, 5.74) is 16.1. The van der Waals surface area contributed by atoms with E-state index in [9.17, 15) is 0 Å². The molecule has 0 amide bonds. The number of nitrogens with one attached hydrogen (secondary N) is 2. The fourth-order valence-electron chi connectivity index (χ4n) is 3.11. The van der Waals surface area contributed by atoms with Crippen LogP contribution < -0.4 is 10.9 Å². The van der Waals surface area contributed by atoms with Crippen molar-refractivity contribution in [2.75, 3.05) is 0 Å². The van der Waals surface area contributed by atoms with Gasteiger partial charge in [0.15, 0.2) is 5.17 Å². The van der Waals surface area contributed by atoms with Crippen LogP contribution in [-0.2, 0) is 5.75 Å². The first kappa shape index (κ1) is 17.1. The average molecular weight is 340 g/mol. The van der Waals surface area contributed by atoms with Crippen LogP contribution in [0.15, 0.2) is 35.3 Å². The molecule has 0 bridgehead atoms. The lowest BCUT2D eigenvalue weighted by atomic mass is 9.90. The van der Waals surface area contributed by atoms with E-state index < -0.39 is 0 Å². The van der Waals surface area contributed by atoms with E-state index >= 15 is 0 Å². The van der Waals surface area contributed by atoms with Crippen LogP contribution in [0.5, 0.6) is 0 Å². The molecule has 0 radical (unpaired) electrons. The zero-order chi connectivity index (χ0) is 17.3. The van der Waals surface area contributed by atoms with Crippen LogP contribution in [0.1, 0.15) is 45.1 Å². The quantitative estimate of drug-likeness (QED) is 0.856. The first-order chi connectivity index (χ1) is 11.5. The Balaban J connectivity index is 1.76. The number of hydrogen-bond donors (Lipinski definition) is 2. The van der Waals surface area contributed by atoms with Gasteiger partial charge >= 0.3 is 0 Å². The lowest BCUT2D eigenvalue weighted by molar-refractivity contribution is 0.575. The molecule has 3 nitrogen and oxygen atoms in total. The zero-order valence-corrected chi connectivity index (χ0v) is 15.8. The van der Waals surface area contributed by atoms with Gasteiger partial charge in [0.1, 0.15) is 6.17 Å². The minimum absolute atomic E-state index is 0.00242. The Morgan fingerprint density at radius 2 is 1.46 bits per heavy atom. The number of amidine groups is 1. The minimum atomic E-state index is -0.00242. The van der Waals surface area contributed by atoms with E-state index in [4.69, 9.17) is 4.99 Å². The lowest BCUT2D eigenvalue weighted by Gasteiger charge is -2.18. The van der Waals surface area contributed by atoms with Crippen LogP contribution in [0.2, 0.25) is 0 Å². The molecular weight excluding hydrogens is 314 g/mol. The van der Waals surface area contributed by atoms with Crippen LogP contribution in [0, 0.1) is 34.6 Å². The van der Waals surface area contributed by atoms with Gasteiger partial charge in [-0.2, -0.15) is 0 Å². The van der Waals surface area contributed by atoms with Crippen LogP contribution >= 0.6 is 11.8 Å². The fraction of sp³-hybridized carbons (Fsp3) is 0.350. The average Bonchev–Trinajstić information content (AvgIpc) is 3.08. The van der Waals surface area contributed by atoms with Crippen molar-refractivity contribution in [3.8, 4) is 0 Å². The summed E-state index contributed by atoms with van der Waals surface area (Å²) in [5.74, 6) is 0.939. The molecule has 0 fully saturated rings. The second-order valence-corrected chi connectivity index (χ2v) is 7.37. The van der Waals surface area contributed by atoms with Gasteiger partial charge < -0.3 is 0 Å². The van der Waals surface area contributed by atoms with Crippen LogP contribution in [0.25, 0.3) is 0 Å². The van der Waals surface area contributed by atoms with E-state index in [-0.39, 0.29) is 6.17 Å². The third kappa shape index (κ3) is 3.21. The number of rotatable bonds is 3. The monoisotopic (exact) mass is 339 g/mol. The standard InChI is InChI=1S/C20H25N3S/c1-12-13(2)15(4)18(16(5)14(12)3)11-24-20-21-19(22-23-20)17-9-7-6-8-10-17/h6-10,19,22H,11H2,1-5H3,(H,21,23). The summed E-state index contributed by atoms with van der Waals surface area (Å²) in [6.07, 6.45) is -0.00242. The fourth-order valence-corrected chi connectivity index (χ4v) is 4.14. The van der Waals surface area contributed by atoms with Gasteiger partial charge in [0.25, 0.3) is 0 Å². The van der Waals surface area contributed by atoms with Crippen molar-refractivity contribution >= 4 is 16.9 Å². The third-order valence-corrected chi connectivity index (χ3v) is 6.10. The van der Waals surface area contributed by atoms with Crippen molar-refractivity contribution in [1.82, 2.24) is 10.9 Å². The summed E-state index contributed by atoms with van der Waals surface area (Å²) < 4.78 is 0. The van der Waals surface area contributed by atoms with E-state index in [1.54, 1.807) is 11.8 Å². The highest BCUT2D eigenvalue weighted by atomic mass is 32.2. The smallest absolute Gasteiger partial charge is 0.173 e. The Morgan fingerprint density at radius 3 is 2.08 bits per heavy atom. The molecule has 0 aromatic heterocycles. The first-order valence-corrected chi connectivity index (χ1v) is 9.30. The van der Waals surface area contributed by atoms with Crippen molar-refractivity contribution in [2.45, 2.75) is 46.5 Å². The molecule has 2 aromatic carbocycles. The van der Waals surface area contributed by atoms with Gasteiger partial charge in [-0.3, -0.25) is 5.43 Å². The second-order valence-electron chi connectivity index (χ2n) is 6.41. The van der Waals surface area contributed by atoms with Crippen molar-refractivity contribution in [2.24, 2.45) is 4.99 Å². The molecule has 24 heavy (non-hydrogen) atoms. The molecule has 3 rings (SSSR count). The molecule has 126 valence electrons. The van der Waals surface area contributed by atoms with Gasteiger partial charge in [0.2, 0.25) is 0 Å². The van der Waals surface area contributed by atoms with Crippen LogP contribution in [-0.4, -0.2) is 5.17 Å². The number of benzene rings is 2. The Labute approximate surface area is 148 Å². The van der Waals surface area contributed by atoms with Gasteiger partial charge in [0.05, 0.1) is 0 Å². The van der Waals surface area contributed by atoms with Gasteiger partial charge in [-0.05, 0) is 73.6 Å². The molecule has 0 spiro atoms. The van der Waals surface area contributed by atoms with E-state index in [2.05, 4.69) is 57.6 Å². The van der Waals surface area contributed by atoms with Crippen LogP contribution in [0.3, 0.4) is 0 Å². The Bertz CT molecular complexity index is 752. The summed E-state index contributed by atoms with van der Waals surface area (Å²) in [5, 5.41) is 0.957. The van der Waals surface area contributed by atoms with Gasteiger partial charge in [-0.25, -0.2) is 10.4 Å². The third-order valence-electron chi connectivity index (χ3n) is 5.19. The summed E-state index contributed by atoms with van der Waals surface area (Å²) in [6, 6.07) is 10.3. The molecule has 1 atom stereocenters. The van der Waals surface area contributed by atoms with Crippen molar-refractivity contribution in [3.05, 3.63) is 69.3 Å². The Morgan fingerprint density at radius 1 is 0.875 bits per heavy atom. The maximum Gasteiger partial charge on any atom is 0.173 e. The molecule has 2 N–H and O–H groups in total. The molecule has 1 heterocycles. The molecule has 0 aliphatic carbocycles. The van der Waals surface area contributed by atoms with Gasteiger partial charge in [-0.15, -0.1) is 0 Å². The second kappa shape index (κ2) is 6.99. The van der Waals surface area contributed by atoms with Crippen LogP contribution in [0.4, 0.5) is 0 Å². The lowest BCUT2D eigenvalue weighted by Crippen LogP contribution is -2.30. The summed E-state index contributed by atoms with van der Waals surface area (Å²) in [4.78, 5) is 4.75. The molecule has 0 saturated heterocycles. The minimum Gasteiger partial charge on any atom is -0.298 e. The highest BCUT2D eigenvalue weighted by Crippen LogP contribution is 2.30. The normalized spacial score (nSPS) is 16.9. The zero-order valence-electron chi connectivity index (χ0n) is 15.0. The largest absolute Gasteiger partial charge is 0.298 e. The summed E-state index contributed by atoms with van der Waals surface area (Å²) >= 11 is 1.76. The number of nitrogens with zero attached hydrogens (tertiary/aromatic N) is 1. The number of hydrogen-bond acceptors (Lipinski definition) is 4. The predicted octanol–water partition coefficient (Wildman–Crippen LogP) is 4.62. The highest BCUT2D eigenvalue weighted by Gasteiger charge is 2.19. The van der Waals surface area contributed by atoms with E-state index in [1.807, 2.05) is 18.2 Å². The predicted molar refractivity (Wildman–Crippen MR) is 104 cm³/mol. The molecule has 1 aliphatic rings. The molecule has 1 unspecified atom stereocenters. The molecule has 0 saturated carbocycles.